The number of benzene rings is 1. The fourth-order valence-electron chi connectivity index (χ4n) is 2.10. The van der Waals surface area contributed by atoms with E-state index in [9.17, 15) is 0 Å². The Labute approximate surface area is 119 Å². The third-order valence-electron chi connectivity index (χ3n) is 3.03. The number of nitrogens with zero attached hydrogens (tertiary/aromatic N) is 2. The number of aromatic nitrogens is 2. The van der Waals surface area contributed by atoms with Gasteiger partial charge in [0.25, 0.3) is 0 Å². The van der Waals surface area contributed by atoms with E-state index < -0.39 is 0 Å². The normalized spacial score (nSPS) is 10.5. The fraction of sp³-hybridized carbons (Fsp3) is 0.333. The highest BCUT2D eigenvalue weighted by Crippen LogP contribution is 2.27. The minimum Gasteiger partial charge on any atom is -0.370 e. The Morgan fingerprint density at radius 2 is 1.89 bits per heavy atom. The first-order valence-corrected chi connectivity index (χ1v) is 6.91. The van der Waals surface area contributed by atoms with Crippen LogP contribution in [-0.4, -0.2) is 16.5 Å². The molecule has 0 saturated heterocycles. The second-order valence-electron chi connectivity index (χ2n) is 4.32. The number of aryl methyl sites for hydroxylation is 1. The van der Waals surface area contributed by atoms with Gasteiger partial charge in [0.1, 0.15) is 5.82 Å². The van der Waals surface area contributed by atoms with Crippen LogP contribution in [0, 0.1) is 6.92 Å². The third kappa shape index (κ3) is 2.87. The van der Waals surface area contributed by atoms with Crippen molar-refractivity contribution in [3.8, 4) is 11.4 Å². The van der Waals surface area contributed by atoms with E-state index in [0.29, 0.717) is 10.8 Å². The lowest BCUT2D eigenvalue weighted by Gasteiger charge is -2.13. The van der Waals surface area contributed by atoms with E-state index in [4.69, 9.17) is 11.6 Å². The van der Waals surface area contributed by atoms with Crippen molar-refractivity contribution in [1.82, 2.24) is 9.97 Å². The van der Waals surface area contributed by atoms with E-state index in [1.807, 2.05) is 31.2 Å². The van der Waals surface area contributed by atoms with Gasteiger partial charge in [0, 0.05) is 23.4 Å². The van der Waals surface area contributed by atoms with Gasteiger partial charge in [-0.3, -0.25) is 0 Å². The molecule has 0 saturated carbocycles. The summed E-state index contributed by atoms with van der Waals surface area (Å²) in [5.74, 6) is 1.59. The largest absolute Gasteiger partial charge is 0.370 e. The van der Waals surface area contributed by atoms with E-state index in [0.717, 1.165) is 35.6 Å². The van der Waals surface area contributed by atoms with Crippen molar-refractivity contribution in [3.05, 3.63) is 40.5 Å². The molecule has 0 aliphatic heterocycles. The highest BCUT2D eigenvalue weighted by Gasteiger charge is 2.12. The van der Waals surface area contributed by atoms with Gasteiger partial charge in [-0.25, -0.2) is 9.97 Å². The van der Waals surface area contributed by atoms with Crippen LogP contribution in [0.4, 0.5) is 5.82 Å². The van der Waals surface area contributed by atoms with E-state index >= 15 is 0 Å². The summed E-state index contributed by atoms with van der Waals surface area (Å²) in [6.45, 7) is 7.03. The minimum absolute atomic E-state index is 0.675. The molecule has 0 spiro atoms. The molecule has 0 unspecified atom stereocenters. The molecule has 2 rings (SSSR count). The van der Waals surface area contributed by atoms with Gasteiger partial charge in [0.15, 0.2) is 5.82 Å². The van der Waals surface area contributed by atoms with Crippen LogP contribution >= 0.6 is 11.6 Å². The number of anilines is 1. The number of nitrogens with one attached hydrogen (secondary N) is 1. The Balaban J connectivity index is 2.57. The van der Waals surface area contributed by atoms with Gasteiger partial charge in [-0.15, -0.1) is 0 Å². The van der Waals surface area contributed by atoms with Crippen molar-refractivity contribution < 1.29 is 0 Å². The molecule has 0 fully saturated rings. The van der Waals surface area contributed by atoms with E-state index in [1.54, 1.807) is 0 Å². The molecule has 1 heterocycles. The summed E-state index contributed by atoms with van der Waals surface area (Å²) in [6.07, 6.45) is 0.914. The number of halogens is 1. The van der Waals surface area contributed by atoms with Crippen LogP contribution in [0.2, 0.25) is 5.02 Å². The topological polar surface area (TPSA) is 37.8 Å². The average Bonchev–Trinajstić information content (AvgIpc) is 2.39. The quantitative estimate of drug-likeness (QED) is 0.913. The zero-order valence-electron chi connectivity index (χ0n) is 11.5. The van der Waals surface area contributed by atoms with Crippen LogP contribution in [0.5, 0.6) is 0 Å². The lowest BCUT2D eigenvalue weighted by atomic mass is 10.1. The summed E-state index contributed by atoms with van der Waals surface area (Å²) in [5.41, 5.74) is 3.04. The number of hydrogen-bond donors (Lipinski definition) is 1. The Kier molecular flexibility index (Phi) is 4.38. The lowest BCUT2D eigenvalue weighted by Crippen LogP contribution is -2.08. The Bertz CT molecular complexity index is 582. The molecule has 2 aromatic rings. The Morgan fingerprint density at radius 1 is 1.16 bits per heavy atom. The molecule has 19 heavy (non-hydrogen) atoms. The lowest BCUT2D eigenvalue weighted by molar-refractivity contribution is 0.989. The van der Waals surface area contributed by atoms with Crippen LogP contribution in [0.3, 0.4) is 0 Å². The molecule has 0 aliphatic rings. The first-order valence-electron chi connectivity index (χ1n) is 6.53. The summed E-state index contributed by atoms with van der Waals surface area (Å²) in [6, 6.07) is 7.65. The first-order chi connectivity index (χ1) is 9.17. The maximum Gasteiger partial charge on any atom is 0.163 e. The SMILES string of the molecule is CCNc1nc(-c2ccccc2Cl)nc(C)c1CC. The second-order valence-corrected chi connectivity index (χ2v) is 4.73. The average molecular weight is 276 g/mol. The van der Waals surface area contributed by atoms with Gasteiger partial charge in [-0.1, -0.05) is 30.7 Å². The molecule has 1 N–H and O–H groups in total. The summed E-state index contributed by atoms with van der Waals surface area (Å²) >= 11 is 6.21. The van der Waals surface area contributed by atoms with Gasteiger partial charge < -0.3 is 5.32 Å². The zero-order valence-corrected chi connectivity index (χ0v) is 12.3. The molecule has 1 aromatic heterocycles. The van der Waals surface area contributed by atoms with Crippen LogP contribution in [-0.2, 0) is 6.42 Å². The Hall–Kier alpha value is -1.61. The van der Waals surface area contributed by atoms with Crippen molar-refractivity contribution in [2.24, 2.45) is 0 Å². The van der Waals surface area contributed by atoms with Crippen molar-refractivity contribution in [1.29, 1.82) is 0 Å². The van der Waals surface area contributed by atoms with Crippen LogP contribution in [0.25, 0.3) is 11.4 Å². The second kappa shape index (κ2) is 6.02. The zero-order chi connectivity index (χ0) is 13.8. The molecular weight excluding hydrogens is 258 g/mol. The smallest absolute Gasteiger partial charge is 0.163 e. The number of hydrogen-bond acceptors (Lipinski definition) is 3. The minimum atomic E-state index is 0.675. The van der Waals surface area contributed by atoms with E-state index in [2.05, 4.69) is 29.1 Å². The molecule has 0 amide bonds. The van der Waals surface area contributed by atoms with E-state index in [-0.39, 0.29) is 0 Å². The van der Waals surface area contributed by atoms with Crippen molar-refractivity contribution in [3.63, 3.8) is 0 Å². The van der Waals surface area contributed by atoms with Crippen molar-refractivity contribution in [2.75, 3.05) is 11.9 Å². The van der Waals surface area contributed by atoms with Crippen LogP contribution < -0.4 is 5.32 Å². The molecule has 0 atom stereocenters. The molecule has 0 aliphatic carbocycles. The predicted molar refractivity (Wildman–Crippen MR) is 80.8 cm³/mol. The van der Waals surface area contributed by atoms with Gasteiger partial charge in [-0.2, -0.15) is 0 Å². The van der Waals surface area contributed by atoms with Gasteiger partial charge >= 0.3 is 0 Å². The summed E-state index contributed by atoms with van der Waals surface area (Å²) in [7, 11) is 0. The van der Waals surface area contributed by atoms with Crippen LogP contribution in [0.1, 0.15) is 25.1 Å². The van der Waals surface area contributed by atoms with Crippen molar-refractivity contribution in [2.45, 2.75) is 27.2 Å². The standard InChI is InChI=1S/C15H18ClN3/c1-4-11-10(3)18-15(19-14(11)17-5-2)12-8-6-7-9-13(12)16/h6-9H,4-5H2,1-3H3,(H,17,18,19). The van der Waals surface area contributed by atoms with Gasteiger partial charge in [0.2, 0.25) is 0 Å². The summed E-state index contributed by atoms with van der Waals surface area (Å²) in [5, 5.41) is 3.98. The molecular formula is C15H18ClN3. The monoisotopic (exact) mass is 275 g/mol. The third-order valence-corrected chi connectivity index (χ3v) is 3.36. The van der Waals surface area contributed by atoms with Gasteiger partial charge in [0.05, 0.1) is 5.02 Å². The maximum absolute atomic E-state index is 6.21. The van der Waals surface area contributed by atoms with Crippen molar-refractivity contribution >= 4 is 17.4 Å². The van der Waals surface area contributed by atoms with E-state index in [1.165, 1.54) is 0 Å². The first kappa shape index (κ1) is 13.8. The fourth-order valence-corrected chi connectivity index (χ4v) is 2.32. The highest BCUT2D eigenvalue weighted by molar-refractivity contribution is 6.33. The van der Waals surface area contributed by atoms with Crippen LogP contribution in [0.15, 0.2) is 24.3 Å². The molecule has 100 valence electrons. The predicted octanol–water partition coefficient (Wildman–Crippen LogP) is 4.10. The maximum atomic E-state index is 6.21. The molecule has 3 nitrogen and oxygen atoms in total. The number of rotatable bonds is 4. The summed E-state index contributed by atoms with van der Waals surface area (Å²) in [4.78, 5) is 9.20. The highest BCUT2D eigenvalue weighted by atomic mass is 35.5. The van der Waals surface area contributed by atoms with Gasteiger partial charge in [-0.05, 0) is 32.4 Å². The molecule has 0 radical (unpaired) electrons. The Morgan fingerprint density at radius 3 is 2.53 bits per heavy atom. The molecule has 4 heteroatoms. The molecule has 1 aromatic carbocycles. The molecule has 0 bridgehead atoms. The summed E-state index contributed by atoms with van der Waals surface area (Å²) < 4.78 is 0.